The minimum atomic E-state index is -0.192. The molecule has 0 aromatic heterocycles. The van der Waals surface area contributed by atoms with Gasteiger partial charge in [0.2, 0.25) is 0 Å². The highest BCUT2D eigenvalue weighted by atomic mass is 16.7. The van der Waals surface area contributed by atoms with E-state index in [0.29, 0.717) is 18.7 Å². The van der Waals surface area contributed by atoms with Crippen LogP contribution in [-0.2, 0) is 4.84 Å². The number of rotatable bonds is 1. The van der Waals surface area contributed by atoms with Crippen molar-refractivity contribution in [3.05, 3.63) is 29.3 Å². The first-order valence-corrected chi connectivity index (χ1v) is 4.93. The lowest BCUT2D eigenvalue weighted by molar-refractivity contribution is -0.0768. The third kappa shape index (κ3) is 1.94. The Bertz CT molecular complexity index is 383. The second-order valence-electron chi connectivity index (χ2n) is 3.60. The van der Waals surface area contributed by atoms with Gasteiger partial charge in [0.1, 0.15) is 5.75 Å². The molecular formula is C11H13NO3. The van der Waals surface area contributed by atoms with Gasteiger partial charge in [0, 0.05) is 5.56 Å². The third-order valence-corrected chi connectivity index (χ3v) is 2.44. The smallest absolute Gasteiger partial charge is 0.277 e. The monoisotopic (exact) mass is 207 g/mol. The summed E-state index contributed by atoms with van der Waals surface area (Å²) in [7, 11) is 0. The maximum atomic E-state index is 11.8. The van der Waals surface area contributed by atoms with Gasteiger partial charge in [-0.15, -0.1) is 0 Å². The van der Waals surface area contributed by atoms with Crippen LogP contribution in [0.5, 0.6) is 5.75 Å². The zero-order valence-electron chi connectivity index (χ0n) is 8.56. The Balaban J connectivity index is 2.21. The third-order valence-electron chi connectivity index (χ3n) is 2.44. The molecule has 2 rings (SSSR count). The van der Waals surface area contributed by atoms with E-state index < -0.39 is 0 Å². The molecule has 1 aromatic rings. The van der Waals surface area contributed by atoms with Crippen LogP contribution in [0.25, 0.3) is 0 Å². The summed E-state index contributed by atoms with van der Waals surface area (Å²) in [4.78, 5) is 16.9. The fourth-order valence-electron chi connectivity index (χ4n) is 1.49. The number of hydroxylamine groups is 2. The molecule has 4 heteroatoms. The summed E-state index contributed by atoms with van der Waals surface area (Å²) in [5.41, 5.74) is 1.22. The zero-order valence-corrected chi connectivity index (χ0v) is 8.56. The summed E-state index contributed by atoms with van der Waals surface area (Å²) in [6.45, 7) is 2.99. The van der Waals surface area contributed by atoms with Crippen LogP contribution in [0.1, 0.15) is 22.3 Å². The first kappa shape index (κ1) is 9.98. The highest BCUT2D eigenvalue weighted by Gasteiger charge is 2.21. The number of phenolic OH excluding ortho intramolecular Hbond substituents is 1. The Labute approximate surface area is 88.0 Å². The first-order chi connectivity index (χ1) is 7.18. The fraction of sp³-hybridized carbons (Fsp3) is 0.364. The molecule has 0 spiro atoms. The van der Waals surface area contributed by atoms with Gasteiger partial charge in [-0.25, -0.2) is 5.06 Å². The van der Waals surface area contributed by atoms with Gasteiger partial charge >= 0.3 is 0 Å². The Hall–Kier alpha value is -1.55. The molecule has 1 fully saturated rings. The molecule has 4 nitrogen and oxygen atoms in total. The molecule has 1 N–H and O–H groups in total. The average Bonchev–Trinajstić information content (AvgIpc) is 2.74. The topological polar surface area (TPSA) is 49.8 Å². The van der Waals surface area contributed by atoms with Crippen molar-refractivity contribution in [1.82, 2.24) is 5.06 Å². The maximum absolute atomic E-state index is 11.8. The molecule has 1 saturated heterocycles. The van der Waals surface area contributed by atoms with Crippen molar-refractivity contribution < 1.29 is 14.7 Å². The van der Waals surface area contributed by atoms with E-state index in [-0.39, 0.29) is 11.7 Å². The number of aromatic hydroxyl groups is 1. The van der Waals surface area contributed by atoms with Gasteiger partial charge in [-0.1, -0.05) is 6.07 Å². The summed E-state index contributed by atoms with van der Waals surface area (Å²) in [5, 5.41) is 10.8. The van der Waals surface area contributed by atoms with Gasteiger partial charge < -0.3 is 5.11 Å². The molecule has 1 aliphatic rings. The molecule has 1 aromatic carbocycles. The van der Waals surface area contributed by atoms with E-state index in [0.717, 1.165) is 12.0 Å². The quantitative estimate of drug-likeness (QED) is 0.758. The number of aryl methyl sites for hydroxylation is 1. The Morgan fingerprint density at radius 3 is 2.93 bits per heavy atom. The number of hydrogen-bond donors (Lipinski definition) is 1. The van der Waals surface area contributed by atoms with Crippen molar-refractivity contribution in [2.24, 2.45) is 0 Å². The van der Waals surface area contributed by atoms with E-state index >= 15 is 0 Å². The fourth-order valence-corrected chi connectivity index (χ4v) is 1.49. The predicted octanol–water partition coefficient (Wildman–Crippen LogP) is 1.48. The minimum Gasteiger partial charge on any atom is -0.508 e. The molecule has 1 amide bonds. The number of hydrogen-bond acceptors (Lipinski definition) is 3. The van der Waals surface area contributed by atoms with E-state index in [2.05, 4.69) is 0 Å². The van der Waals surface area contributed by atoms with E-state index in [9.17, 15) is 9.90 Å². The predicted molar refractivity (Wildman–Crippen MR) is 54.4 cm³/mol. The standard InChI is InChI=1S/C11H13NO3/c1-8-3-4-9(7-10(8)13)11(14)12-5-2-6-15-12/h3-4,7,13H,2,5-6H2,1H3. The second-order valence-corrected chi connectivity index (χ2v) is 3.60. The van der Waals surface area contributed by atoms with Crippen LogP contribution in [0.15, 0.2) is 18.2 Å². The lowest BCUT2D eigenvalue weighted by Gasteiger charge is -2.14. The molecule has 0 unspecified atom stereocenters. The van der Waals surface area contributed by atoms with Gasteiger partial charge in [-0.05, 0) is 31.0 Å². The molecule has 1 aliphatic heterocycles. The van der Waals surface area contributed by atoms with Crippen LogP contribution in [0.4, 0.5) is 0 Å². The molecule has 1 heterocycles. The Morgan fingerprint density at radius 2 is 2.33 bits per heavy atom. The number of amides is 1. The minimum absolute atomic E-state index is 0.139. The lowest BCUT2D eigenvalue weighted by Crippen LogP contribution is -2.26. The molecule has 0 saturated carbocycles. The number of carbonyl (C=O) groups is 1. The summed E-state index contributed by atoms with van der Waals surface area (Å²) in [6, 6.07) is 4.89. The van der Waals surface area contributed by atoms with Crippen molar-refractivity contribution in [2.45, 2.75) is 13.3 Å². The Kier molecular flexibility index (Phi) is 2.60. The second kappa shape index (κ2) is 3.90. The lowest BCUT2D eigenvalue weighted by atomic mass is 10.1. The van der Waals surface area contributed by atoms with E-state index in [1.54, 1.807) is 19.1 Å². The van der Waals surface area contributed by atoms with Crippen LogP contribution in [0.3, 0.4) is 0 Å². The van der Waals surface area contributed by atoms with Crippen LogP contribution in [0, 0.1) is 6.92 Å². The Morgan fingerprint density at radius 1 is 1.53 bits per heavy atom. The van der Waals surface area contributed by atoms with E-state index in [1.165, 1.54) is 11.1 Å². The van der Waals surface area contributed by atoms with Crippen LogP contribution in [-0.4, -0.2) is 29.2 Å². The molecule has 80 valence electrons. The van der Waals surface area contributed by atoms with Gasteiger partial charge in [0.15, 0.2) is 0 Å². The molecule has 0 bridgehead atoms. The molecular weight excluding hydrogens is 194 g/mol. The summed E-state index contributed by atoms with van der Waals surface area (Å²) in [5.74, 6) is -0.0529. The van der Waals surface area contributed by atoms with Crippen LogP contribution < -0.4 is 0 Å². The summed E-state index contributed by atoms with van der Waals surface area (Å²) >= 11 is 0. The number of nitrogens with zero attached hydrogens (tertiary/aromatic N) is 1. The molecule has 0 radical (unpaired) electrons. The zero-order chi connectivity index (χ0) is 10.8. The van der Waals surface area contributed by atoms with Gasteiger partial charge in [-0.3, -0.25) is 9.63 Å². The molecule has 0 aliphatic carbocycles. The number of phenols is 1. The van der Waals surface area contributed by atoms with Crippen molar-refractivity contribution in [3.63, 3.8) is 0 Å². The number of benzene rings is 1. The van der Waals surface area contributed by atoms with Crippen molar-refractivity contribution in [2.75, 3.05) is 13.2 Å². The SMILES string of the molecule is Cc1ccc(C(=O)N2CCCO2)cc1O. The van der Waals surface area contributed by atoms with Crippen LogP contribution in [0.2, 0.25) is 0 Å². The van der Waals surface area contributed by atoms with E-state index in [4.69, 9.17) is 4.84 Å². The van der Waals surface area contributed by atoms with Crippen molar-refractivity contribution in [1.29, 1.82) is 0 Å². The first-order valence-electron chi connectivity index (χ1n) is 4.93. The van der Waals surface area contributed by atoms with Crippen LogP contribution >= 0.6 is 0 Å². The van der Waals surface area contributed by atoms with Crippen molar-refractivity contribution in [3.8, 4) is 5.75 Å². The van der Waals surface area contributed by atoms with Gasteiger partial charge in [-0.2, -0.15) is 0 Å². The van der Waals surface area contributed by atoms with Gasteiger partial charge in [0.05, 0.1) is 13.2 Å². The summed E-state index contributed by atoms with van der Waals surface area (Å²) < 4.78 is 0. The highest BCUT2D eigenvalue weighted by Crippen LogP contribution is 2.19. The molecule has 15 heavy (non-hydrogen) atoms. The number of carbonyl (C=O) groups excluding carboxylic acids is 1. The largest absolute Gasteiger partial charge is 0.508 e. The average molecular weight is 207 g/mol. The van der Waals surface area contributed by atoms with E-state index in [1.807, 2.05) is 0 Å². The van der Waals surface area contributed by atoms with Gasteiger partial charge in [0.25, 0.3) is 5.91 Å². The normalized spacial score (nSPS) is 15.7. The summed E-state index contributed by atoms with van der Waals surface area (Å²) in [6.07, 6.45) is 0.865. The van der Waals surface area contributed by atoms with Crippen molar-refractivity contribution >= 4 is 5.91 Å². The highest BCUT2D eigenvalue weighted by molar-refractivity contribution is 5.94. The maximum Gasteiger partial charge on any atom is 0.277 e. The molecule has 0 atom stereocenters.